The number of nitrogen functional groups attached to an aromatic ring is 1. The third-order valence-corrected chi connectivity index (χ3v) is 2.87. The van der Waals surface area contributed by atoms with Crippen molar-refractivity contribution < 1.29 is 9.15 Å². The van der Waals surface area contributed by atoms with Gasteiger partial charge in [-0.2, -0.15) is 0 Å². The Balaban J connectivity index is 2.34. The van der Waals surface area contributed by atoms with Gasteiger partial charge in [0.1, 0.15) is 24.1 Å². The summed E-state index contributed by atoms with van der Waals surface area (Å²) in [4.78, 5) is 4.31. The van der Waals surface area contributed by atoms with Crippen LogP contribution in [0.25, 0.3) is 11.0 Å². The summed E-state index contributed by atoms with van der Waals surface area (Å²) in [6.45, 7) is 3.12. The minimum absolute atomic E-state index is 0.199. The molecule has 5 nitrogen and oxygen atoms in total. The highest BCUT2D eigenvalue weighted by molar-refractivity contribution is 5.75. The van der Waals surface area contributed by atoms with Gasteiger partial charge in [0, 0.05) is 4.98 Å². The number of hydrogen-bond acceptors (Lipinski definition) is 4. The van der Waals surface area contributed by atoms with Crippen molar-refractivity contribution in [2.75, 3.05) is 32.0 Å². The van der Waals surface area contributed by atoms with E-state index in [0.29, 0.717) is 0 Å². The minimum Gasteiger partial charge on any atom is -0.406 e. The van der Waals surface area contributed by atoms with E-state index >= 15 is 0 Å². The fraction of sp³-hybridized carbons (Fsp3) is 0.333. The molecule has 2 aromatic rings. The second kappa shape index (κ2) is 4.18. The highest BCUT2D eigenvalue weighted by Gasteiger charge is 2.15. The van der Waals surface area contributed by atoms with E-state index in [1.165, 1.54) is 0 Å². The average molecular weight is 232 g/mol. The Bertz CT molecular complexity index is 610. The van der Waals surface area contributed by atoms with Gasteiger partial charge in [-0.1, -0.05) is 12.1 Å². The second-order valence-corrected chi connectivity index (χ2v) is 3.97. The first kappa shape index (κ1) is 10.3. The van der Waals surface area contributed by atoms with Gasteiger partial charge in [-0.05, 0) is 12.1 Å². The summed E-state index contributed by atoms with van der Waals surface area (Å²) < 4.78 is 12.9. The molecule has 0 bridgehead atoms. The first-order valence-electron chi connectivity index (χ1n) is 5.65. The first-order valence-corrected chi connectivity index (χ1v) is 5.65. The molecule has 0 aliphatic carbocycles. The summed E-state index contributed by atoms with van der Waals surface area (Å²) in [5.41, 5.74) is 7.34. The molecule has 1 aliphatic rings. The van der Waals surface area contributed by atoms with Crippen molar-refractivity contribution in [2.24, 2.45) is 0 Å². The Morgan fingerprint density at radius 2 is 1.94 bits per heavy atom. The van der Waals surface area contributed by atoms with Crippen LogP contribution in [0.5, 0.6) is 0 Å². The van der Waals surface area contributed by atoms with Crippen LogP contribution in [0, 0.1) is 0 Å². The Morgan fingerprint density at radius 3 is 2.76 bits per heavy atom. The van der Waals surface area contributed by atoms with Crippen LogP contribution in [-0.2, 0) is 4.74 Å². The predicted molar refractivity (Wildman–Crippen MR) is 64.2 cm³/mol. The maximum absolute atomic E-state index is 5.70. The Labute approximate surface area is 98.2 Å². The van der Waals surface area contributed by atoms with E-state index in [1.807, 2.05) is 24.3 Å². The van der Waals surface area contributed by atoms with Crippen LogP contribution in [0.2, 0.25) is 0 Å². The van der Waals surface area contributed by atoms with Crippen molar-refractivity contribution in [1.82, 2.24) is 9.56 Å². The van der Waals surface area contributed by atoms with Crippen molar-refractivity contribution in [3.05, 3.63) is 29.8 Å². The van der Waals surface area contributed by atoms with Crippen LogP contribution < -0.4 is 15.8 Å². The number of nitrogens with zero attached hydrogens (tertiary/aromatic N) is 2. The molecule has 1 aromatic carbocycles. The molecule has 0 saturated carbocycles. The van der Waals surface area contributed by atoms with E-state index in [0.717, 1.165) is 42.8 Å². The van der Waals surface area contributed by atoms with Gasteiger partial charge in [0.25, 0.3) is 0 Å². The van der Waals surface area contributed by atoms with E-state index in [-0.39, 0.29) is 6.01 Å². The number of para-hydroxylation sites is 1. The molecular weight excluding hydrogens is 218 g/mol. The molecule has 1 fully saturated rings. The first-order chi connectivity index (χ1) is 8.34. The third kappa shape index (κ3) is 1.89. The number of anilines is 1. The lowest BCUT2D eigenvalue weighted by atomic mass is 10.2. The molecule has 3 rings (SSSR count). The molecule has 0 radical (unpaired) electrons. The number of morpholine rings is 1. The Morgan fingerprint density at radius 1 is 1.18 bits per heavy atom. The summed E-state index contributed by atoms with van der Waals surface area (Å²) >= 11 is 0. The molecule has 5 heteroatoms. The number of ether oxygens (including phenoxy) is 1. The number of nitrogens with two attached hydrogens (primary N) is 1. The molecule has 0 spiro atoms. The summed E-state index contributed by atoms with van der Waals surface area (Å²) in [7, 11) is 0. The molecule has 88 valence electrons. The van der Waals surface area contributed by atoms with E-state index in [2.05, 4.69) is 9.56 Å². The van der Waals surface area contributed by atoms with Crippen molar-refractivity contribution in [1.29, 1.82) is 0 Å². The van der Waals surface area contributed by atoms with Gasteiger partial charge in [-0.3, -0.25) is 4.58 Å². The van der Waals surface area contributed by atoms with Crippen molar-refractivity contribution in [3.8, 4) is 0 Å². The Hall–Kier alpha value is -1.88. The summed E-state index contributed by atoms with van der Waals surface area (Å²) in [6, 6.07) is 7.99. The fourth-order valence-electron chi connectivity index (χ4n) is 2.06. The summed E-state index contributed by atoms with van der Waals surface area (Å²) in [6.07, 6.45) is 0. The molecule has 0 atom stereocenters. The number of fused-ring (bicyclic) bond motifs is 1. The minimum atomic E-state index is 0.199. The van der Waals surface area contributed by atoms with Gasteiger partial charge < -0.3 is 14.9 Å². The molecule has 0 amide bonds. The third-order valence-electron chi connectivity index (χ3n) is 2.87. The Kier molecular flexibility index (Phi) is 2.53. The van der Waals surface area contributed by atoms with Gasteiger partial charge in [0.2, 0.25) is 0 Å². The maximum Gasteiger partial charge on any atom is 0.409 e. The number of aromatic nitrogens is 1. The average Bonchev–Trinajstić information content (AvgIpc) is 2.39. The molecule has 0 unspecified atom stereocenters. The lowest BCUT2D eigenvalue weighted by molar-refractivity contribution is 0.0961. The van der Waals surface area contributed by atoms with Crippen LogP contribution in [0.3, 0.4) is 0 Å². The molecule has 1 saturated heterocycles. The second-order valence-electron chi connectivity index (χ2n) is 3.97. The van der Waals surface area contributed by atoms with Gasteiger partial charge >= 0.3 is 11.5 Å². The summed E-state index contributed by atoms with van der Waals surface area (Å²) in [5, 5.41) is 0.989. The van der Waals surface area contributed by atoms with Crippen LogP contribution in [-0.4, -0.2) is 31.3 Å². The van der Waals surface area contributed by atoms with Gasteiger partial charge in [0.15, 0.2) is 0 Å². The molecule has 2 N–H and O–H groups in total. The van der Waals surface area contributed by atoms with Gasteiger partial charge in [-0.15, -0.1) is 0 Å². The van der Waals surface area contributed by atoms with Crippen LogP contribution in [0.4, 0.5) is 6.01 Å². The topological polar surface area (TPSA) is 64.3 Å². The largest absolute Gasteiger partial charge is 0.409 e. The van der Waals surface area contributed by atoms with E-state index < -0.39 is 0 Å². The molecule has 1 aromatic heterocycles. The number of benzene rings is 1. The smallest absolute Gasteiger partial charge is 0.406 e. The zero-order valence-electron chi connectivity index (χ0n) is 9.43. The highest BCUT2D eigenvalue weighted by atomic mass is 16.5. The SMILES string of the molecule is Nc1nc(=[N+]2CCOCC2)c2ccccc2o1. The zero-order chi connectivity index (χ0) is 11.7. The van der Waals surface area contributed by atoms with E-state index in [4.69, 9.17) is 14.9 Å². The summed E-state index contributed by atoms with van der Waals surface area (Å²) in [5.74, 6) is 0. The predicted octanol–water partition coefficient (Wildman–Crippen LogP) is 0.212. The molecule has 17 heavy (non-hydrogen) atoms. The number of rotatable bonds is 0. The van der Waals surface area contributed by atoms with Crippen molar-refractivity contribution >= 4 is 17.0 Å². The standard InChI is InChI=1S/C12H13N3O2/c13-12-14-11(15-5-7-16-8-6-15)9-3-1-2-4-10(9)17-12/h1-4,13H,5-8H2/p+1. The lowest BCUT2D eigenvalue weighted by Gasteiger charge is -2.13. The number of hydrogen-bond donors (Lipinski definition) is 1. The van der Waals surface area contributed by atoms with Crippen molar-refractivity contribution in [3.63, 3.8) is 0 Å². The van der Waals surface area contributed by atoms with Crippen LogP contribution in [0.15, 0.2) is 28.7 Å². The zero-order valence-corrected chi connectivity index (χ0v) is 9.43. The van der Waals surface area contributed by atoms with Gasteiger partial charge in [-0.25, -0.2) is 0 Å². The quantitative estimate of drug-likeness (QED) is 0.660. The fourth-order valence-corrected chi connectivity index (χ4v) is 2.06. The van der Waals surface area contributed by atoms with E-state index in [9.17, 15) is 0 Å². The van der Waals surface area contributed by atoms with Crippen LogP contribution in [0.1, 0.15) is 0 Å². The monoisotopic (exact) mass is 232 g/mol. The van der Waals surface area contributed by atoms with Crippen LogP contribution >= 0.6 is 0 Å². The maximum atomic E-state index is 5.70. The van der Waals surface area contributed by atoms with E-state index in [1.54, 1.807) is 0 Å². The molecule has 2 heterocycles. The molecular formula is C12H14N3O2+. The van der Waals surface area contributed by atoms with Crippen molar-refractivity contribution in [2.45, 2.75) is 0 Å². The normalized spacial score (nSPS) is 16.4. The molecule has 1 aliphatic heterocycles. The lowest BCUT2D eigenvalue weighted by Crippen LogP contribution is -2.41. The van der Waals surface area contributed by atoms with Gasteiger partial charge in [0.05, 0.1) is 13.2 Å². The highest BCUT2D eigenvalue weighted by Crippen LogP contribution is 2.10.